The van der Waals surface area contributed by atoms with E-state index in [4.69, 9.17) is 11.6 Å². The number of pyridine rings is 1. The topological polar surface area (TPSA) is 85.1 Å². The molecule has 21 heavy (non-hydrogen) atoms. The molecule has 0 saturated carbocycles. The quantitative estimate of drug-likeness (QED) is 0.536. The second-order valence-corrected chi connectivity index (χ2v) is 4.27. The normalized spacial score (nSPS) is 10.2. The lowest BCUT2D eigenvalue weighted by molar-refractivity contribution is -0.383. The first kappa shape index (κ1) is 14.8. The number of amides is 1. The van der Waals surface area contributed by atoms with Gasteiger partial charge in [0.05, 0.1) is 10.5 Å². The van der Waals surface area contributed by atoms with Gasteiger partial charge in [-0.1, -0.05) is 11.6 Å². The molecule has 0 radical (unpaired) electrons. The SMILES string of the molecule is O=C(Nc1ccc(Cl)cc1[N+](=O)[O-])c1ccnc(F)c1F. The highest BCUT2D eigenvalue weighted by molar-refractivity contribution is 6.31. The van der Waals surface area contributed by atoms with Crippen LogP contribution in [0.1, 0.15) is 10.4 Å². The van der Waals surface area contributed by atoms with Crippen LogP contribution < -0.4 is 5.32 Å². The monoisotopic (exact) mass is 313 g/mol. The molecule has 1 heterocycles. The Kier molecular flexibility index (Phi) is 4.08. The Balaban J connectivity index is 2.36. The van der Waals surface area contributed by atoms with Crippen molar-refractivity contribution < 1.29 is 18.5 Å². The van der Waals surface area contributed by atoms with Gasteiger partial charge in [0.1, 0.15) is 5.69 Å². The van der Waals surface area contributed by atoms with E-state index in [0.717, 1.165) is 18.3 Å². The molecule has 2 rings (SSSR count). The third kappa shape index (κ3) is 3.11. The molecule has 0 saturated heterocycles. The van der Waals surface area contributed by atoms with Crippen molar-refractivity contribution in [3.8, 4) is 0 Å². The van der Waals surface area contributed by atoms with Crippen molar-refractivity contribution >= 4 is 28.9 Å². The molecule has 0 fully saturated rings. The highest BCUT2D eigenvalue weighted by atomic mass is 35.5. The standard InChI is InChI=1S/C12H6ClF2N3O3/c13-6-1-2-8(9(5-6)18(20)21)17-12(19)7-3-4-16-11(15)10(7)14/h1-5H,(H,17,19). The van der Waals surface area contributed by atoms with Crippen LogP contribution in [0.25, 0.3) is 0 Å². The van der Waals surface area contributed by atoms with Gasteiger partial charge in [-0.15, -0.1) is 0 Å². The van der Waals surface area contributed by atoms with Crippen LogP contribution >= 0.6 is 11.6 Å². The Bertz CT molecular complexity index is 740. The molecule has 0 atom stereocenters. The van der Waals surface area contributed by atoms with Gasteiger partial charge in [0.25, 0.3) is 11.6 Å². The first-order valence-electron chi connectivity index (χ1n) is 5.45. The summed E-state index contributed by atoms with van der Waals surface area (Å²) in [7, 11) is 0. The number of nitrogens with zero attached hydrogens (tertiary/aromatic N) is 2. The largest absolute Gasteiger partial charge is 0.316 e. The van der Waals surface area contributed by atoms with Crippen LogP contribution in [0.4, 0.5) is 20.2 Å². The summed E-state index contributed by atoms with van der Waals surface area (Å²) in [6, 6.07) is 4.48. The number of hydrogen-bond acceptors (Lipinski definition) is 4. The van der Waals surface area contributed by atoms with Crippen molar-refractivity contribution in [2.24, 2.45) is 0 Å². The van der Waals surface area contributed by atoms with E-state index < -0.39 is 33.8 Å². The minimum Gasteiger partial charge on any atom is -0.316 e. The molecule has 0 aliphatic carbocycles. The Morgan fingerprint density at radius 1 is 1.33 bits per heavy atom. The van der Waals surface area contributed by atoms with Crippen molar-refractivity contribution in [2.45, 2.75) is 0 Å². The van der Waals surface area contributed by atoms with E-state index in [1.54, 1.807) is 0 Å². The third-order valence-electron chi connectivity index (χ3n) is 2.50. The van der Waals surface area contributed by atoms with E-state index in [-0.39, 0.29) is 10.7 Å². The highest BCUT2D eigenvalue weighted by Crippen LogP contribution is 2.28. The number of aromatic nitrogens is 1. The Morgan fingerprint density at radius 3 is 2.71 bits per heavy atom. The average Bonchev–Trinajstić information content (AvgIpc) is 2.43. The van der Waals surface area contributed by atoms with Gasteiger partial charge in [0, 0.05) is 17.3 Å². The third-order valence-corrected chi connectivity index (χ3v) is 2.73. The maximum Gasteiger partial charge on any atom is 0.294 e. The zero-order valence-corrected chi connectivity index (χ0v) is 10.9. The molecule has 1 N–H and O–H groups in total. The molecule has 0 spiro atoms. The molecule has 9 heteroatoms. The van der Waals surface area contributed by atoms with Gasteiger partial charge < -0.3 is 5.32 Å². The van der Waals surface area contributed by atoms with E-state index >= 15 is 0 Å². The van der Waals surface area contributed by atoms with E-state index in [1.807, 2.05) is 0 Å². The molecule has 1 aromatic carbocycles. The lowest BCUT2D eigenvalue weighted by atomic mass is 10.2. The summed E-state index contributed by atoms with van der Waals surface area (Å²) in [6.45, 7) is 0. The fraction of sp³-hybridized carbons (Fsp3) is 0. The second-order valence-electron chi connectivity index (χ2n) is 3.84. The predicted octanol–water partition coefficient (Wildman–Crippen LogP) is 3.17. The fourth-order valence-electron chi connectivity index (χ4n) is 1.54. The number of hydrogen-bond donors (Lipinski definition) is 1. The summed E-state index contributed by atoms with van der Waals surface area (Å²) in [6.07, 6.45) is 0.906. The Morgan fingerprint density at radius 2 is 2.05 bits per heavy atom. The van der Waals surface area contributed by atoms with Gasteiger partial charge in [-0.25, -0.2) is 9.37 Å². The highest BCUT2D eigenvalue weighted by Gasteiger charge is 2.20. The number of carbonyl (C=O) groups is 1. The number of carbonyl (C=O) groups excluding carboxylic acids is 1. The second kappa shape index (κ2) is 5.80. The summed E-state index contributed by atoms with van der Waals surface area (Å²) in [5.74, 6) is -3.92. The first-order chi connectivity index (χ1) is 9.90. The van der Waals surface area contributed by atoms with Gasteiger partial charge in [-0.05, 0) is 18.2 Å². The molecular formula is C12H6ClF2N3O3. The van der Waals surface area contributed by atoms with Gasteiger partial charge in [-0.3, -0.25) is 14.9 Å². The van der Waals surface area contributed by atoms with Gasteiger partial charge in [0.15, 0.2) is 5.82 Å². The van der Waals surface area contributed by atoms with Crippen LogP contribution in [0, 0.1) is 21.9 Å². The van der Waals surface area contributed by atoms with Crippen molar-refractivity contribution in [3.05, 3.63) is 62.9 Å². The van der Waals surface area contributed by atoms with Gasteiger partial charge >= 0.3 is 0 Å². The molecule has 0 aliphatic heterocycles. The van der Waals surface area contributed by atoms with E-state index in [2.05, 4.69) is 10.3 Å². The maximum atomic E-state index is 13.4. The molecule has 108 valence electrons. The smallest absolute Gasteiger partial charge is 0.294 e. The van der Waals surface area contributed by atoms with Crippen molar-refractivity contribution in [1.82, 2.24) is 4.98 Å². The number of nitro groups is 1. The molecule has 0 bridgehead atoms. The Hall–Kier alpha value is -2.61. The lowest BCUT2D eigenvalue weighted by Gasteiger charge is -2.07. The Labute approximate surface area is 121 Å². The summed E-state index contributed by atoms with van der Waals surface area (Å²) >= 11 is 5.63. The predicted molar refractivity (Wildman–Crippen MR) is 70.2 cm³/mol. The number of rotatable bonds is 3. The maximum absolute atomic E-state index is 13.4. The molecule has 6 nitrogen and oxygen atoms in total. The van der Waals surface area contributed by atoms with Crippen LogP contribution in [0.3, 0.4) is 0 Å². The van der Waals surface area contributed by atoms with Crippen LogP contribution in [0.2, 0.25) is 5.02 Å². The zero-order valence-electron chi connectivity index (χ0n) is 10.1. The van der Waals surface area contributed by atoms with Crippen LogP contribution in [-0.4, -0.2) is 15.8 Å². The molecular weight excluding hydrogens is 308 g/mol. The zero-order chi connectivity index (χ0) is 15.6. The van der Waals surface area contributed by atoms with Crippen LogP contribution in [0.5, 0.6) is 0 Å². The number of nitrogens with one attached hydrogen (secondary N) is 1. The average molecular weight is 314 g/mol. The minimum atomic E-state index is -1.44. The summed E-state index contributed by atoms with van der Waals surface area (Å²) < 4.78 is 26.4. The molecule has 0 aliphatic rings. The van der Waals surface area contributed by atoms with Gasteiger partial charge in [-0.2, -0.15) is 4.39 Å². The molecule has 2 aromatic rings. The molecule has 1 aromatic heterocycles. The van der Waals surface area contributed by atoms with Crippen LogP contribution in [0.15, 0.2) is 30.5 Å². The molecule has 0 unspecified atom stereocenters. The number of nitro benzene ring substituents is 1. The number of benzene rings is 1. The van der Waals surface area contributed by atoms with Crippen molar-refractivity contribution in [1.29, 1.82) is 0 Å². The van der Waals surface area contributed by atoms with Crippen molar-refractivity contribution in [3.63, 3.8) is 0 Å². The summed E-state index contributed by atoms with van der Waals surface area (Å²) in [5.41, 5.74) is -1.27. The van der Waals surface area contributed by atoms with E-state index in [9.17, 15) is 23.7 Å². The van der Waals surface area contributed by atoms with E-state index in [1.165, 1.54) is 12.1 Å². The first-order valence-corrected chi connectivity index (χ1v) is 5.83. The van der Waals surface area contributed by atoms with Crippen molar-refractivity contribution in [2.75, 3.05) is 5.32 Å². The summed E-state index contributed by atoms with van der Waals surface area (Å²) in [5, 5.41) is 13.1. The van der Waals surface area contributed by atoms with Crippen LogP contribution in [-0.2, 0) is 0 Å². The number of halogens is 3. The van der Waals surface area contributed by atoms with Gasteiger partial charge in [0.2, 0.25) is 5.95 Å². The summed E-state index contributed by atoms with van der Waals surface area (Å²) in [4.78, 5) is 25.0. The minimum absolute atomic E-state index is 0.0980. The lowest BCUT2D eigenvalue weighted by Crippen LogP contribution is -2.16. The van der Waals surface area contributed by atoms with E-state index in [0.29, 0.717) is 0 Å². The number of anilines is 1. The fourth-order valence-corrected chi connectivity index (χ4v) is 1.71. The molecule has 1 amide bonds.